The van der Waals surface area contributed by atoms with Crippen LogP contribution in [-0.4, -0.2) is 51.0 Å². The minimum absolute atomic E-state index is 0.0512. The third-order valence-corrected chi connectivity index (χ3v) is 4.13. The molecule has 0 saturated carbocycles. The van der Waals surface area contributed by atoms with Crippen LogP contribution in [0.15, 0.2) is 36.8 Å². The summed E-state index contributed by atoms with van der Waals surface area (Å²) in [7, 11) is -0.720. The van der Waals surface area contributed by atoms with Crippen LogP contribution in [0, 0.1) is 0 Å². The minimum Gasteiger partial charge on any atom is -0.496 e. The lowest BCUT2D eigenvalue weighted by molar-refractivity contribution is -0.143. The molecule has 0 saturated heterocycles. The molecule has 0 amide bonds. The summed E-state index contributed by atoms with van der Waals surface area (Å²) in [5.41, 5.74) is 1.24. The molecule has 1 heterocycles. The van der Waals surface area contributed by atoms with Gasteiger partial charge in [-0.1, -0.05) is 18.2 Å². The Morgan fingerprint density at radius 1 is 1.28 bits per heavy atom. The van der Waals surface area contributed by atoms with Crippen molar-refractivity contribution in [1.82, 2.24) is 9.55 Å². The van der Waals surface area contributed by atoms with Gasteiger partial charge >= 0.3 is 5.97 Å². The second-order valence-corrected chi connectivity index (χ2v) is 6.88. The number of para-hydroxylation sites is 1. The molecule has 1 aromatic heterocycles. The number of imidazole rings is 1. The summed E-state index contributed by atoms with van der Waals surface area (Å²) in [6.45, 7) is -0.0512. The fraction of sp³-hybridized carbons (Fsp3) is 0.375. The Kier molecular flexibility index (Phi) is 6.16. The molecule has 0 bridgehead atoms. The first kappa shape index (κ1) is 18.9. The number of benzene rings is 1. The van der Waals surface area contributed by atoms with Gasteiger partial charge in [0.2, 0.25) is 0 Å². The van der Waals surface area contributed by atoms with Gasteiger partial charge < -0.3 is 14.0 Å². The quantitative estimate of drug-likeness (QED) is 0.510. The van der Waals surface area contributed by atoms with Crippen LogP contribution >= 0.6 is 0 Å². The summed E-state index contributed by atoms with van der Waals surface area (Å²) in [6, 6.07) is 6.28. The van der Waals surface area contributed by atoms with E-state index < -0.39 is 22.1 Å². The first-order valence-electron chi connectivity index (χ1n) is 7.43. The fourth-order valence-electron chi connectivity index (χ4n) is 2.45. The molecule has 0 aliphatic carbocycles. The minimum atomic E-state index is -3.54. The van der Waals surface area contributed by atoms with Gasteiger partial charge in [0.25, 0.3) is 10.1 Å². The van der Waals surface area contributed by atoms with E-state index in [2.05, 4.69) is 4.98 Å². The number of carbonyl (C=O) groups is 1. The summed E-state index contributed by atoms with van der Waals surface area (Å²) < 4.78 is 38.9. The molecule has 0 N–H and O–H groups in total. The molecular formula is C16H20N2O6S. The van der Waals surface area contributed by atoms with E-state index in [1.165, 1.54) is 20.5 Å². The molecule has 9 heteroatoms. The third-order valence-electron chi connectivity index (χ3n) is 3.54. The predicted octanol–water partition coefficient (Wildman–Crippen LogP) is 1.17. The molecule has 1 unspecified atom stereocenters. The second kappa shape index (κ2) is 8.13. The van der Waals surface area contributed by atoms with E-state index >= 15 is 0 Å². The van der Waals surface area contributed by atoms with E-state index in [0.717, 1.165) is 6.26 Å². The highest BCUT2D eigenvalue weighted by atomic mass is 32.2. The Morgan fingerprint density at radius 3 is 2.64 bits per heavy atom. The number of esters is 1. The molecule has 8 nitrogen and oxygen atoms in total. The Labute approximate surface area is 146 Å². The monoisotopic (exact) mass is 368 g/mol. The lowest BCUT2D eigenvalue weighted by atomic mass is 10.0. The maximum Gasteiger partial charge on any atom is 0.333 e. The molecule has 0 aliphatic heterocycles. The zero-order valence-corrected chi connectivity index (χ0v) is 15.0. The summed E-state index contributed by atoms with van der Waals surface area (Å²) in [6.07, 6.45) is 4.28. The normalized spacial score (nSPS) is 12.6. The number of rotatable bonds is 8. The second-order valence-electron chi connectivity index (χ2n) is 5.24. The molecule has 2 rings (SSSR count). The van der Waals surface area contributed by atoms with Gasteiger partial charge in [-0.2, -0.15) is 8.42 Å². The molecule has 136 valence electrons. The van der Waals surface area contributed by atoms with E-state index in [1.54, 1.807) is 35.0 Å². The first-order chi connectivity index (χ1) is 11.9. The van der Waals surface area contributed by atoms with Gasteiger partial charge in [0.15, 0.2) is 6.04 Å². The van der Waals surface area contributed by atoms with Crippen molar-refractivity contribution >= 4 is 16.1 Å². The smallest absolute Gasteiger partial charge is 0.333 e. The molecule has 1 aromatic carbocycles. The van der Waals surface area contributed by atoms with Crippen LogP contribution in [0.3, 0.4) is 0 Å². The van der Waals surface area contributed by atoms with E-state index in [-0.39, 0.29) is 13.0 Å². The van der Waals surface area contributed by atoms with Gasteiger partial charge in [-0.25, -0.2) is 9.78 Å². The zero-order valence-electron chi connectivity index (χ0n) is 14.2. The van der Waals surface area contributed by atoms with E-state index in [0.29, 0.717) is 17.0 Å². The van der Waals surface area contributed by atoms with Gasteiger partial charge in [-0.15, -0.1) is 0 Å². The summed E-state index contributed by atoms with van der Waals surface area (Å²) in [5.74, 6) is 0.0396. The highest BCUT2D eigenvalue weighted by Gasteiger charge is 2.28. The molecule has 25 heavy (non-hydrogen) atoms. The summed E-state index contributed by atoms with van der Waals surface area (Å²) >= 11 is 0. The largest absolute Gasteiger partial charge is 0.496 e. The van der Waals surface area contributed by atoms with Crippen molar-refractivity contribution in [2.45, 2.75) is 12.5 Å². The van der Waals surface area contributed by atoms with Crippen molar-refractivity contribution in [3.63, 3.8) is 0 Å². The molecule has 2 aromatic rings. The Balaban J connectivity index is 2.37. The Morgan fingerprint density at radius 2 is 2.00 bits per heavy atom. The van der Waals surface area contributed by atoms with E-state index in [9.17, 15) is 13.2 Å². The maximum atomic E-state index is 12.4. The van der Waals surface area contributed by atoms with Gasteiger partial charge in [-0.05, 0) is 6.07 Å². The lowest BCUT2D eigenvalue weighted by Crippen LogP contribution is -2.24. The van der Waals surface area contributed by atoms with Crippen molar-refractivity contribution in [3.05, 3.63) is 48.0 Å². The number of carbonyl (C=O) groups excluding carboxylic acids is 1. The SMILES string of the molecule is COC(=O)C(c1ccccc1OC)n1cncc1CCOS(C)(=O)=O. The fourth-order valence-corrected chi connectivity index (χ4v) is 2.84. The number of hydrogen-bond donors (Lipinski definition) is 0. The van der Waals surface area contributed by atoms with Crippen molar-refractivity contribution in [2.24, 2.45) is 0 Å². The average molecular weight is 368 g/mol. The van der Waals surface area contributed by atoms with Crippen molar-refractivity contribution < 1.29 is 26.9 Å². The summed E-state index contributed by atoms with van der Waals surface area (Å²) in [5, 5.41) is 0. The zero-order chi connectivity index (χ0) is 18.4. The predicted molar refractivity (Wildman–Crippen MR) is 89.9 cm³/mol. The highest BCUT2D eigenvalue weighted by Crippen LogP contribution is 2.30. The van der Waals surface area contributed by atoms with Gasteiger partial charge in [-0.3, -0.25) is 4.18 Å². The molecule has 0 radical (unpaired) electrons. The lowest BCUT2D eigenvalue weighted by Gasteiger charge is -2.21. The van der Waals surface area contributed by atoms with Crippen LogP contribution in [0.1, 0.15) is 17.3 Å². The standard InChI is InChI=1S/C16H20N2O6S/c1-22-14-7-5-4-6-13(14)15(16(19)23-2)18-11-17-10-12(18)8-9-24-25(3,20)21/h4-7,10-11,15H,8-9H2,1-3H3. The molecular weight excluding hydrogens is 348 g/mol. The third kappa shape index (κ3) is 4.80. The first-order valence-corrected chi connectivity index (χ1v) is 9.25. The topological polar surface area (TPSA) is 96.7 Å². The van der Waals surface area contributed by atoms with Crippen LogP contribution in [0.2, 0.25) is 0 Å². The van der Waals surface area contributed by atoms with Crippen molar-refractivity contribution in [1.29, 1.82) is 0 Å². The Hall–Kier alpha value is -2.39. The van der Waals surface area contributed by atoms with Crippen LogP contribution < -0.4 is 4.74 Å². The van der Waals surface area contributed by atoms with Crippen LogP contribution in [-0.2, 0) is 30.3 Å². The van der Waals surface area contributed by atoms with Gasteiger partial charge in [0.1, 0.15) is 5.75 Å². The van der Waals surface area contributed by atoms with Crippen LogP contribution in [0.25, 0.3) is 0 Å². The average Bonchev–Trinajstić information content (AvgIpc) is 3.02. The van der Waals surface area contributed by atoms with Crippen LogP contribution in [0.4, 0.5) is 0 Å². The number of hydrogen-bond acceptors (Lipinski definition) is 7. The molecule has 0 aliphatic rings. The van der Waals surface area contributed by atoms with Crippen LogP contribution in [0.5, 0.6) is 5.75 Å². The van der Waals surface area contributed by atoms with Gasteiger partial charge in [0, 0.05) is 23.9 Å². The molecule has 0 spiro atoms. The maximum absolute atomic E-state index is 12.4. The van der Waals surface area contributed by atoms with Gasteiger partial charge in [0.05, 0.1) is 33.4 Å². The molecule has 1 atom stereocenters. The number of methoxy groups -OCH3 is 2. The number of ether oxygens (including phenoxy) is 2. The summed E-state index contributed by atoms with van der Waals surface area (Å²) in [4.78, 5) is 16.5. The Bertz CT molecular complexity index is 831. The van der Waals surface area contributed by atoms with Crippen molar-refractivity contribution in [3.8, 4) is 5.75 Å². The number of nitrogens with zero attached hydrogens (tertiary/aromatic N) is 2. The van der Waals surface area contributed by atoms with E-state index in [1.807, 2.05) is 0 Å². The molecule has 0 fully saturated rings. The van der Waals surface area contributed by atoms with E-state index in [4.69, 9.17) is 13.7 Å². The highest BCUT2D eigenvalue weighted by molar-refractivity contribution is 7.85. The van der Waals surface area contributed by atoms with Crippen molar-refractivity contribution in [2.75, 3.05) is 27.1 Å². The number of aromatic nitrogens is 2.